The fourth-order valence-electron chi connectivity index (χ4n) is 1.90. The minimum atomic E-state index is -0.402. The van der Waals surface area contributed by atoms with Crippen molar-refractivity contribution in [3.8, 4) is 5.75 Å². The van der Waals surface area contributed by atoms with E-state index in [1.807, 2.05) is 37.3 Å². The third-order valence-corrected chi connectivity index (χ3v) is 2.99. The van der Waals surface area contributed by atoms with Crippen molar-refractivity contribution in [3.05, 3.63) is 69.3 Å². The molecule has 0 aliphatic rings. The van der Waals surface area contributed by atoms with Crippen LogP contribution in [0.4, 0.5) is 5.69 Å². The number of rotatable bonds is 4. The van der Waals surface area contributed by atoms with Crippen molar-refractivity contribution in [1.82, 2.24) is 0 Å². The van der Waals surface area contributed by atoms with Gasteiger partial charge in [-0.1, -0.05) is 18.2 Å². The second-order valence-corrected chi connectivity index (χ2v) is 4.41. The van der Waals surface area contributed by atoms with Gasteiger partial charge in [0.1, 0.15) is 5.75 Å². The number of nitro groups is 1. The Morgan fingerprint density at radius 3 is 2.20 bits per heavy atom. The first-order chi connectivity index (χ1) is 9.60. The lowest BCUT2D eigenvalue weighted by atomic mass is 10.1. The molecular weight excluding hydrogens is 254 g/mol. The van der Waals surface area contributed by atoms with E-state index in [0.717, 1.165) is 22.4 Å². The molecule has 0 aliphatic heterocycles. The summed E-state index contributed by atoms with van der Waals surface area (Å²) in [6.45, 7) is 1.99. The molecule has 102 valence electrons. The number of aryl methyl sites for hydroxylation is 1. The number of methoxy groups -OCH3 is 1. The van der Waals surface area contributed by atoms with Crippen molar-refractivity contribution < 1.29 is 9.66 Å². The third-order valence-electron chi connectivity index (χ3n) is 2.99. The van der Waals surface area contributed by atoms with Crippen molar-refractivity contribution in [2.24, 2.45) is 0 Å². The van der Waals surface area contributed by atoms with Gasteiger partial charge in [0, 0.05) is 12.1 Å². The largest absolute Gasteiger partial charge is 0.496 e. The number of non-ortho nitro benzene ring substituents is 1. The Balaban J connectivity index is 2.16. The van der Waals surface area contributed by atoms with E-state index in [1.165, 1.54) is 12.1 Å². The van der Waals surface area contributed by atoms with Gasteiger partial charge in [-0.3, -0.25) is 10.1 Å². The minimum Gasteiger partial charge on any atom is -0.496 e. The zero-order valence-electron chi connectivity index (χ0n) is 11.4. The molecule has 0 unspecified atom stereocenters. The van der Waals surface area contributed by atoms with Crippen LogP contribution in [0.5, 0.6) is 5.75 Å². The van der Waals surface area contributed by atoms with E-state index < -0.39 is 4.92 Å². The van der Waals surface area contributed by atoms with Gasteiger partial charge >= 0.3 is 0 Å². The SMILES string of the molecule is COc1ccc(/C=C/c2ccc([N+](=O)[O-])cc2)cc1C. The van der Waals surface area contributed by atoms with Gasteiger partial charge in [0.2, 0.25) is 0 Å². The summed E-state index contributed by atoms with van der Waals surface area (Å²) >= 11 is 0. The normalized spacial score (nSPS) is 10.7. The first-order valence-corrected chi connectivity index (χ1v) is 6.17. The van der Waals surface area contributed by atoms with Crippen LogP contribution in [-0.2, 0) is 0 Å². The van der Waals surface area contributed by atoms with Gasteiger partial charge in [0.05, 0.1) is 12.0 Å². The molecular formula is C16H15NO3. The van der Waals surface area contributed by atoms with Crippen LogP contribution >= 0.6 is 0 Å². The van der Waals surface area contributed by atoms with Crippen LogP contribution in [0.15, 0.2) is 42.5 Å². The van der Waals surface area contributed by atoms with Crippen molar-refractivity contribution >= 4 is 17.8 Å². The van der Waals surface area contributed by atoms with Gasteiger partial charge in [-0.25, -0.2) is 0 Å². The first kappa shape index (κ1) is 13.8. The Labute approximate surface area is 117 Å². The van der Waals surface area contributed by atoms with Crippen LogP contribution in [0, 0.1) is 17.0 Å². The van der Waals surface area contributed by atoms with Crippen LogP contribution in [0.25, 0.3) is 12.2 Å². The van der Waals surface area contributed by atoms with Crippen molar-refractivity contribution in [3.63, 3.8) is 0 Å². The molecule has 0 aliphatic carbocycles. The molecule has 0 N–H and O–H groups in total. The molecule has 4 heteroatoms. The third kappa shape index (κ3) is 3.23. The fraction of sp³-hybridized carbons (Fsp3) is 0.125. The monoisotopic (exact) mass is 269 g/mol. The number of hydrogen-bond acceptors (Lipinski definition) is 3. The lowest BCUT2D eigenvalue weighted by Crippen LogP contribution is -1.87. The Bertz CT molecular complexity index is 645. The number of benzene rings is 2. The summed E-state index contributed by atoms with van der Waals surface area (Å²) in [5.74, 6) is 0.859. The van der Waals surface area contributed by atoms with Gasteiger partial charge in [0.25, 0.3) is 5.69 Å². The van der Waals surface area contributed by atoms with E-state index in [9.17, 15) is 10.1 Å². The maximum Gasteiger partial charge on any atom is 0.269 e. The highest BCUT2D eigenvalue weighted by Crippen LogP contribution is 2.20. The fourth-order valence-corrected chi connectivity index (χ4v) is 1.90. The number of hydrogen-bond donors (Lipinski definition) is 0. The lowest BCUT2D eigenvalue weighted by molar-refractivity contribution is -0.384. The van der Waals surface area contributed by atoms with Crippen LogP contribution < -0.4 is 4.74 Å². The second kappa shape index (κ2) is 6.02. The average Bonchev–Trinajstić information content (AvgIpc) is 2.45. The molecule has 2 rings (SSSR count). The van der Waals surface area contributed by atoms with Gasteiger partial charge in [0.15, 0.2) is 0 Å². The van der Waals surface area contributed by atoms with Crippen molar-refractivity contribution in [1.29, 1.82) is 0 Å². The summed E-state index contributed by atoms with van der Waals surface area (Å²) in [5, 5.41) is 10.6. The Morgan fingerprint density at radius 1 is 1.05 bits per heavy atom. The van der Waals surface area contributed by atoms with Gasteiger partial charge in [-0.15, -0.1) is 0 Å². The summed E-state index contributed by atoms with van der Waals surface area (Å²) in [4.78, 5) is 10.2. The molecule has 4 nitrogen and oxygen atoms in total. The smallest absolute Gasteiger partial charge is 0.269 e. The number of nitro benzene ring substituents is 1. The van der Waals surface area contributed by atoms with E-state index >= 15 is 0 Å². The van der Waals surface area contributed by atoms with E-state index in [2.05, 4.69) is 0 Å². The first-order valence-electron chi connectivity index (χ1n) is 6.17. The summed E-state index contributed by atoms with van der Waals surface area (Å²) < 4.78 is 5.21. The van der Waals surface area contributed by atoms with Gasteiger partial charge in [-0.05, 0) is 47.9 Å². The summed E-state index contributed by atoms with van der Waals surface area (Å²) in [6.07, 6.45) is 3.89. The molecule has 0 radical (unpaired) electrons. The van der Waals surface area contributed by atoms with Crippen molar-refractivity contribution in [2.45, 2.75) is 6.92 Å². The quantitative estimate of drug-likeness (QED) is 0.477. The van der Waals surface area contributed by atoms with E-state index in [0.29, 0.717) is 0 Å². The molecule has 2 aromatic rings. The summed E-state index contributed by atoms with van der Waals surface area (Å²) in [5.41, 5.74) is 3.14. The molecule has 0 saturated carbocycles. The Kier molecular flexibility index (Phi) is 4.15. The zero-order valence-corrected chi connectivity index (χ0v) is 11.4. The predicted molar refractivity (Wildman–Crippen MR) is 79.8 cm³/mol. The second-order valence-electron chi connectivity index (χ2n) is 4.41. The maximum absolute atomic E-state index is 10.6. The highest BCUT2D eigenvalue weighted by molar-refractivity contribution is 5.70. The highest BCUT2D eigenvalue weighted by atomic mass is 16.6. The van der Waals surface area contributed by atoms with Gasteiger partial charge in [-0.2, -0.15) is 0 Å². The molecule has 0 aromatic heterocycles. The van der Waals surface area contributed by atoms with Crippen LogP contribution in [0.1, 0.15) is 16.7 Å². The van der Waals surface area contributed by atoms with Gasteiger partial charge < -0.3 is 4.74 Å². The topological polar surface area (TPSA) is 52.4 Å². The molecule has 0 spiro atoms. The Morgan fingerprint density at radius 2 is 1.65 bits per heavy atom. The maximum atomic E-state index is 10.6. The molecule has 0 atom stereocenters. The van der Waals surface area contributed by atoms with E-state index in [4.69, 9.17) is 4.74 Å². The average molecular weight is 269 g/mol. The minimum absolute atomic E-state index is 0.0995. The molecule has 0 fully saturated rings. The zero-order chi connectivity index (χ0) is 14.5. The molecule has 0 saturated heterocycles. The highest BCUT2D eigenvalue weighted by Gasteiger charge is 2.02. The van der Waals surface area contributed by atoms with Crippen LogP contribution in [-0.4, -0.2) is 12.0 Å². The number of nitrogens with zero attached hydrogens (tertiary/aromatic N) is 1. The van der Waals surface area contributed by atoms with Crippen LogP contribution in [0.2, 0.25) is 0 Å². The summed E-state index contributed by atoms with van der Waals surface area (Å²) in [6, 6.07) is 12.4. The number of ether oxygens (including phenoxy) is 1. The predicted octanol–water partition coefficient (Wildman–Crippen LogP) is 4.08. The van der Waals surface area contributed by atoms with Crippen molar-refractivity contribution in [2.75, 3.05) is 7.11 Å². The summed E-state index contributed by atoms with van der Waals surface area (Å²) in [7, 11) is 1.65. The lowest BCUT2D eigenvalue weighted by Gasteiger charge is -2.04. The molecule has 0 amide bonds. The molecule has 0 bridgehead atoms. The van der Waals surface area contributed by atoms with E-state index in [-0.39, 0.29) is 5.69 Å². The van der Waals surface area contributed by atoms with Crippen LogP contribution in [0.3, 0.4) is 0 Å². The Hall–Kier alpha value is -2.62. The van der Waals surface area contributed by atoms with E-state index in [1.54, 1.807) is 19.2 Å². The molecule has 0 heterocycles. The molecule has 2 aromatic carbocycles. The molecule has 20 heavy (non-hydrogen) atoms. The standard InChI is InChI=1S/C16H15NO3/c1-12-11-14(7-10-16(12)20-2)4-3-13-5-8-15(9-6-13)17(18)19/h3-11H,1-2H3/b4-3+.